The van der Waals surface area contributed by atoms with Crippen molar-refractivity contribution in [3.63, 3.8) is 0 Å². The number of amides is 1. The normalized spacial score (nSPS) is 13.2. The van der Waals surface area contributed by atoms with Gasteiger partial charge in [0, 0.05) is 0 Å². The minimum absolute atomic E-state index is 0.0466. The number of ether oxygens (including phenoxy) is 3. The van der Waals surface area contributed by atoms with Crippen molar-refractivity contribution in [3.05, 3.63) is 59.4 Å². The highest BCUT2D eigenvalue weighted by Crippen LogP contribution is 2.32. The molecule has 0 saturated carbocycles. The monoisotopic (exact) mass is 359 g/mol. The number of hydrogen-bond donors (Lipinski definition) is 1. The van der Waals surface area contributed by atoms with Gasteiger partial charge in [-0.1, -0.05) is 18.2 Å². The van der Waals surface area contributed by atoms with Crippen LogP contribution in [0.25, 0.3) is 0 Å². The highest BCUT2D eigenvalue weighted by atomic mass is 19.1. The number of carbonyl (C=O) groups excluding carboxylic acids is 2. The minimum atomic E-state index is -0.607. The van der Waals surface area contributed by atoms with Crippen molar-refractivity contribution in [1.29, 1.82) is 0 Å². The lowest BCUT2D eigenvalue weighted by Gasteiger charge is -2.18. The predicted octanol–water partition coefficient (Wildman–Crippen LogP) is 2.52. The molecule has 3 rings (SSSR count). The van der Waals surface area contributed by atoms with E-state index < -0.39 is 17.8 Å². The van der Waals surface area contributed by atoms with Crippen LogP contribution in [0.2, 0.25) is 0 Å². The zero-order valence-corrected chi connectivity index (χ0v) is 14.2. The summed E-state index contributed by atoms with van der Waals surface area (Å²) >= 11 is 0. The molecule has 0 aliphatic carbocycles. The molecule has 0 unspecified atom stereocenters. The van der Waals surface area contributed by atoms with Crippen molar-refractivity contribution in [2.24, 2.45) is 0 Å². The van der Waals surface area contributed by atoms with Crippen LogP contribution < -0.4 is 14.8 Å². The number of nitrogens with one attached hydrogen (secondary N) is 1. The average Bonchev–Trinajstić information content (AvgIpc) is 3.09. The molecule has 0 saturated heterocycles. The van der Waals surface area contributed by atoms with Crippen LogP contribution in [0, 0.1) is 5.82 Å². The quantitative estimate of drug-likeness (QED) is 0.803. The van der Waals surface area contributed by atoms with Gasteiger partial charge in [-0.05, 0) is 35.4 Å². The molecule has 136 valence electrons. The van der Waals surface area contributed by atoms with E-state index in [9.17, 15) is 14.0 Å². The molecule has 26 heavy (non-hydrogen) atoms. The lowest BCUT2D eigenvalue weighted by molar-refractivity contribution is -0.141. The van der Waals surface area contributed by atoms with Gasteiger partial charge in [-0.25, -0.2) is 4.39 Å². The summed E-state index contributed by atoms with van der Waals surface area (Å²) in [5, 5.41) is 2.80. The van der Waals surface area contributed by atoms with Gasteiger partial charge >= 0.3 is 5.97 Å². The fourth-order valence-corrected chi connectivity index (χ4v) is 2.68. The zero-order chi connectivity index (χ0) is 18.5. The summed E-state index contributed by atoms with van der Waals surface area (Å²) in [7, 11) is 1.28. The van der Waals surface area contributed by atoms with E-state index >= 15 is 0 Å². The maximum Gasteiger partial charge on any atom is 0.307 e. The molecular formula is C19H18FNO5. The SMILES string of the molecule is COC(=O)C[C@@H](NC(=O)Cc1ccc2c(c1)OCO2)c1ccc(F)cc1. The molecule has 1 N–H and O–H groups in total. The predicted molar refractivity (Wildman–Crippen MR) is 90.2 cm³/mol. The van der Waals surface area contributed by atoms with Gasteiger partial charge < -0.3 is 19.5 Å². The Bertz CT molecular complexity index is 806. The van der Waals surface area contributed by atoms with Crippen molar-refractivity contribution in [2.75, 3.05) is 13.9 Å². The second-order valence-electron chi connectivity index (χ2n) is 5.82. The fraction of sp³-hybridized carbons (Fsp3) is 0.263. The first-order valence-electron chi connectivity index (χ1n) is 8.05. The fourth-order valence-electron chi connectivity index (χ4n) is 2.68. The summed E-state index contributed by atoms with van der Waals surface area (Å²) in [6.07, 6.45) is 0.0600. The topological polar surface area (TPSA) is 73.9 Å². The third kappa shape index (κ3) is 4.30. The highest BCUT2D eigenvalue weighted by molar-refractivity contribution is 5.80. The molecule has 0 fully saturated rings. The van der Waals surface area contributed by atoms with E-state index in [1.165, 1.54) is 31.4 Å². The maximum atomic E-state index is 13.1. The first-order chi connectivity index (χ1) is 12.5. The second kappa shape index (κ2) is 7.86. The van der Waals surface area contributed by atoms with Crippen LogP contribution >= 0.6 is 0 Å². The van der Waals surface area contributed by atoms with E-state index in [1.807, 2.05) is 0 Å². The number of fused-ring (bicyclic) bond motifs is 1. The van der Waals surface area contributed by atoms with Crippen LogP contribution in [-0.4, -0.2) is 25.8 Å². The van der Waals surface area contributed by atoms with Gasteiger partial charge in [0.05, 0.1) is 26.0 Å². The Balaban J connectivity index is 1.70. The van der Waals surface area contributed by atoms with E-state index in [0.29, 0.717) is 17.1 Å². The van der Waals surface area contributed by atoms with E-state index in [0.717, 1.165) is 5.56 Å². The number of rotatable bonds is 6. The number of halogens is 1. The van der Waals surface area contributed by atoms with Gasteiger partial charge in [0.1, 0.15) is 5.82 Å². The standard InChI is InChI=1S/C19H18FNO5/c1-24-19(23)10-15(13-3-5-14(20)6-4-13)21-18(22)9-12-2-7-16-17(8-12)26-11-25-16/h2-8,15H,9-11H2,1H3,(H,21,22)/t15-/m1/s1. The van der Waals surface area contributed by atoms with E-state index in [1.54, 1.807) is 18.2 Å². The molecular weight excluding hydrogens is 341 g/mol. The summed E-state index contributed by atoms with van der Waals surface area (Å²) in [4.78, 5) is 24.1. The van der Waals surface area contributed by atoms with Gasteiger partial charge in [0.15, 0.2) is 11.5 Å². The van der Waals surface area contributed by atoms with Gasteiger partial charge in [-0.15, -0.1) is 0 Å². The maximum absolute atomic E-state index is 13.1. The van der Waals surface area contributed by atoms with Crippen LogP contribution in [0.3, 0.4) is 0 Å². The van der Waals surface area contributed by atoms with E-state index in [4.69, 9.17) is 9.47 Å². The molecule has 0 bridgehead atoms. The Morgan fingerprint density at radius 2 is 1.88 bits per heavy atom. The zero-order valence-electron chi connectivity index (χ0n) is 14.2. The van der Waals surface area contributed by atoms with Crippen LogP contribution in [0.1, 0.15) is 23.6 Å². The van der Waals surface area contributed by atoms with Crippen molar-refractivity contribution < 1.29 is 28.2 Å². The van der Waals surface area contributed by atoms with Crippen LogP contribution in [0.5, 0.6) is 11.5 Å². The molecule has 1 atom stereocenters. The lowest BCUT2D eigenvalue weighted by atomic mass is 10.0. The Hall–Kier alpha value is -3.09. The Kier molecular flexibility index (Phi) is 5.36. The first kappa shape index (κ1) is 17.7. The molecule has 0 radical (unpaired) electrons. The largest absolute Gasteiger partial charge is 0.469 e. The van der Waals surface area contributed by atoms with E-state index in [2.05, 4.69) is 10.1 Å². The number of carbonyl (C=O) groups is 2. The summed E-state index contributed by atoms with van der Waals surface area (Å²) < 4.78 is 28.4. The van der Waals surface area contributed by atoms with Crippen molar-refractivity contribution in [3.8, 4) is 11.5 Å². The van der Waals surface area contributed by atoms with Crippen molar-refractivity contribution in [1.82, 2.24) is 5.32 Å². The smallest absolute Gasteiger partial charge is 0.307 e. The Labute approximate surface area is 149 Å². The molecule has 7 heteroatoms. The number of methoxy groups -OCH3 is 1. The molecule has 1 aliphatic rings. The summed E-state index contributed by atoms with van der Waals surface area (Å²) in [6.45, 7) is 0.163. The summed E-state index contributed by atoms with van der Waals surface area (Å²) in [5.41, 5.74) is 1.37. The average molecular weight is 359 g/mol. The Morgan fingerprint density at radius 3 is 2.62 bits per heavy atom. The molecule has 1 amide bonds. The number of benzene rings is 2. The number of esters is 1. The van der Waals surface area contributed by atoms with Crippen LogP contribution in [0.4, 0.5) is 4.39 Å². The van der Waals surface area contributed by atoms with Crippen LogP contribution in [0.15, 0.2) is 42.5 Å². The molecule has 0 aromatic heterocycles. The molecule has 6 nitrogen and oxygen atoms in total. The molecule has 1 heterocycles. The minimum Gasteiger partial charge on any atom is -0.469 e. The Morgan fingerprint density at radius 1 is 1.15 bits per heavy atom. The molecule has 2 aromatic carbocycles. The van der Waals surface area contributed by atoms with Crippen molar-refractivity contribution >= 4 is 11.9 Å². The summed E-state index contributed by atoms with van der Waals surface area (Å²) in [6, 6.07) is 10.3. The first-order valence-corrected chi connectivity index (χ1v) is 8.05. The van der Waals surface area contributed by atoms with Gasteiger partial charge in [0.2, 0.25) is 12.7 Å². The molecule has 1 aliphatic heterocycles. The lowest BCUT2D eigenvalue weighted by Crippen LogP contribution is -2.31. The van der Waals surface area contributed by atoms with Gasteiger partial charge in [0.25, 0.3) is 0 Å². The third-order valence-corrected chi connectivity index (χ3v) is 4.01. The van der Waals surface area contributed by atoms with E-state index in [-0.39, 0.29) is 25.5 Å². The highest BCUT2D eigenvalue weighted by Gasteiger charge is 2.20. The molecule has 2 aromatic rings. The van der Waals surface area contributed by atoms with Crippen molar-refractivity contribution in [2.45, 2.75) is 18.9 Å². The third-order valence-electron chi connectivity index (χ3n) is 4.01. The van der Waals surface area contributed by atoms with Gasteiger partial charge in [-0.2, -0.15) is 0 Å². The molecule has 0 spiro atoms. The van der Waals surface area contributed by atoms with Gasteiger partial charge in [-0.3, -0.25) is 9.59 Å². The number of hydrogen-bond acceptors (Lipinski definition) is 5. The summed E-state index contributed by atoms with van der Waals surface area (Å²) in [5.74, 6) is 0.103. The van der Waals surface area contributed by atoms with Crippen LogP contribution in [-0.2, 0) is 20.7 Å². The second-order valence-corrected chi connectivity index (χ2v) is 5.82.